The maximum Gasteiger partial charge on any atom is 0.407 e. The van der Waals surface area contributed by atoms with Crippen molar-refractivity contribution in [3.63, 3.8) is 0 Å². The van der Waals surface area contributed by atoms with Crippen LogP contribution in [0.1, 0.15) is 43.7 Å². The number of fused-ring (bicyclic) bond motifs is 2. The lowest BCUT2D eigenvalue weighted by atomic mass is 9.97. The van der Waals surface area contributed by atoms with Gasteiger partial charge >= 0.3 is 6.09 Å². The number of phenolic OH excluding ortho intramolecular Hbond substituents is 2. The molecule has 12 nitrogen and oxygen atoms in total. The summed E-state index contributed by atoms with van der Waals surface area (Å²) >= 11 is 0. The van der Waals surface area contributed by atoms with Crippen LogP contribution in [0.25, 0.3) is 44.6 Å². The van der Waals surface area contributed by atoms with Crippen molar-refractivity contribution in [2.24, 2.45) is 17.6 Å². The largest absolute Gasteiger partial charge is 0.507 e. The zero-order valence-electron chi connectivity index (χ0n) is 34.0. The van der Waals surface area contributed by atoms with E-state index in [4.69, 9.17) is 30.4 Å². The molecule has 2 atom stereocenters. The fraction of sp³-hybridized carbons (Fsp3) is 0.356. The molecule has 4 aromatic carbocycles. The number of hydrogen-bond donors (Lipinski definition) is 4. The van der Waals surface area contributed by atoms with E-state index in [2.05, 4.69) is 52.4 Å². The predicted molar refractivity (Wildman–Crippen MR) is 247 cm³/mol. The summed E-state index contributed by atoms with van der Waals surface area (Å²) in [5.41, 5.74) is 11.2. The number of carbonyl (C=O) groups is 1. The fourth-order valence-corrected chi connectivity index (χ4v) is 7.78. The number of aromatic nitrogens is 4. The SMILES string of the molecule is CCOC(=O)NC[C@@H]1CCCN(c2nc(-c3ccccc3O)nc3cc(C)ccc23)C1.Cc1ccc2c(N3CCC[C@@H](CN)C3)nc(-c3ccccc3O)nc2c1.S.S. The van der Waals surface area contributed by atoms with E-state index >= 15 is 0 Å². The molecule has 312 valence electrons. The molecule has 0 radical (unpaired) electrons. The Balaban J connectivity index is 0.000000220. The third kappa shape index (κ3) is 10.7. The van der Waals surface area contributed by atoms with Gasteiger partial charge in [0.1, 0.15) is 23.1 Å². The Hall–Kier alpha value is -5.31. The van der Waals surface area contributed by atoms with Crippen molar-refractivity contribution >= 4 is 66.5 Å². The molecule has 8 rings (SSSR count). The number of alkyl carbamates (subject to hydrolysis) is 1. The maximum absolute atomic E-state index is 11.7. The molecule has 6 aromatic rings. The van der Waals surface area contributed by atoms with Crippen molar-refractivity contribution in [2.45, 2.75) is 46.5 Å². The van der Waals surface area contributed by atoms with E-state index in [1.54, 1.807) is 31.2 Å². The molecule has 0 unspecified atom stereocenters. The number of nitrogens with two attached hydrogens (primary N) is 1. The van der Waals surface area contributed by atoms with Gasteiger partial charge in [-0.05, 0) is 124 Å². The molecule has 2 aromatic heterocycles. The molecule has 2 aliphatic heterocycles. The standard InChI is InChI=1S/C24H28N4O3.C21H24N4O.2H2S/c1-3-31-24(30)25-14-17-7-6-12-28(15-17)23-18-11-10-16(2)13-20(18)26-22(27-23)19-8-4-5-9-21(19)29;1-14-8-9-16-18(11-14)23-20(17-6-2-3-7-19(17)26)24-21(16)25-10-4-5-15(12-22)13-25;;/h4-5,8-11,13,17,29H,3,6-7,12,14-15H2,1-2H3,(H,25,30);2-3,6-9,11,15,26H,4-5,10,12-13,22H2,1H3;2*1H2/t17-;15-;;/m00../s1. The third-order valence-electron chi connectivity index (χ3n) is 10.7. The number of aryl methyl sites for hydroxylation is 2. The smallest absolute Gasteiger partial charge is 0.407 e. The van der Waals surface area contributed by atoms with Gasteiger partial charge < -0.3 is 35.8 Å². The average molecular weight is 837 g/mol. The first-order valence-electron chi connectivity index (χ1n) is 19.9. The summed E-state index contributed by atoms with van der Waals surface area (Å²) in [4.78, 5) is 35.5. The van der Waals surface area contributed by atoms with Crippen LogP contribution in [-0.2, 0) is 4.74 Å². The van der Waals surface area contributed by atoms with Crippen molar-refractivity contribution in [1.82, 2.24) is 25.3 Å². The summed E-state index contributed by atoms with van der Waals surface area (Å²) < 4.78 is 4.98. The topological polar surface area (TPSA) is 163 Å². The maximum atomic E-state index is 11.7. The highest BCUT2D eigenvalue weighted by Crippen LogP contribution is 2.35. The molecule has 0 saturated carbocycles. The number of hydrogen-bond acceptors (Lipinski definition) is 11. The van der Waals surface area contributed by atoms with Gasteiger partial charge in [-0.3, -0.25) is 0 Å². The Morgan fingerprint density at radius 3 is 1.68 bits per heavy atom. The van der Waals surface area contributed by atoms with Crippen LogP contribution in [0.3, 0.4) is 0 Å². The Labute approximate surface area is 360 Å². The van der Waals surface area contributed by atoms with Crippen molar-refractivity contribution in [3.8, 4) is 34.3 Å². The minimum absolute atomic E-state index is 0. The number of nitrogens with zero attached hydrogens (tertiary/aromatic N) is 6. The fourth-order valence-electron chi connectivity index (χ4n) is 7.78. The number of aromatic hydroxyl groups is 2. The molecule has 0 aliphatic carbocycles. The second kappa shape index (κ2) is 20.6. The van der Waals surface area contributed by atoms with Gasteiger partial charge in [0.2, 0.25) is 0 Å². The number of nitrogens with one attached hydrogen (secondary N) is 1. The number of anilines is 2. The lowest BCUT2D eigenvalue weighted by Gasteiger charge is -2.34. The second-order valence-electron chi connectivity index (χ2n) is 15.1. The van der Waals surface area contributed by atoms with Crippen LogP contribution in [0, 0.1) is 25.7 Å². The number of phenols is 2. The van der Waals surface area contributed by atoms with Gasteiger partial charge in [-0.1, -0.05) is 36.4 Å². The van der Waals surface area contributed by atoms with Gasteiger partial charge in [0.15, 0.2) is 11.6 Å². The van der Waals surface area contributed by atoms with Crippen LogP contribution in [-0.4, -0.2) is 82.1 Å². The molecule has 2 saturated heterocycles. The molecule has 4 heterocycles. The molecule has 5 N–H and O–H groups in total. The minimum atomic E-state index is -0.371. The van der Waals surface area contributed by atoms with E-state index in [0.29, 0.717) is 54.3 Å². The van der Waals surface area contributed by atoms with Crippen LogP contribution in [0.2, 0.25) is 0 Å². The normalized spacial score (nSPS) is 16.3. The van der Waals surface area contributed by atoms with Gasteiger partial charge in [0.05, 0.1) is 28.8 Å². The second-order valence-corrected chi connectivity index (χ2v) is 15.1. The monoisotopic (exact) mass is 836 g/mol. The number of ether oxygens (including phenoxy) is 1. The molecule has 2 fully saturated rings. The van der Waals surface area contributed by atoms with Crippen molar-refractivity contribution < 1.29 is 19.7 Å². The number of amides is 1. The summed E-state index contributed by atoms with van der Waals surface area (Å²) in [5, 5.41) is 25.5. The van der Waals surface area contributed by atoms with Crippen LogP contribution >= 0.6 is 27.0 Å². The van der Waals surface area contributed by atoms with Crippen molar-refractivity contribution in [1.29, 1.82) is 0 Å². The zero-order chi connectivity index (χ0) is 39.9. The van der Waals surface area contributed by atoms with Crippen molar-refractivity contribution in [2.75, 3.05) is 55.7 Å². The van der Waals surface area contributed by atoms with Gasteiger partial charge in [-0.25, -0.2) is 24.7 Å². The van der Waals surface area contributed by atoms with E-state index < -0.39 is 0 Å². The summed E-state index contributed by atoms with van der Waals surface area (Å²) in [6.45, 7) is 11.1. The molecular formula is C45H56N8O4S2. The molecule has 59 heavy (non-hydrogen) atoms. The molecule has 0 bridgehead atoms. The van der Waals surface area contributed by atoms with Gasteiger partial charge in [-0.2, -0.15) is 27.0 Å². The Morgan fingerprint density at radius 2 is 1.20 bits per heavy atom. The first-order chi connectivity index (χ1) is 27.7. The van der Waals surface area contributed by atoms with Crippen LogP contribution in [0.5, 0.6) is 11.5 Å². The molecule has 14 heteroatoms. The first kappa shape index (κ1) is 44.8. The van der Waals surface area contributed by atoms with E-state index in [1.165, 1.54) is 6.42 Å². The predicted octanol–water partition coefficient (Wildman–Crippen LogP) is 7.98. The van der Waals surface area contributed by atoms with Crippen LogP contribution in [0.4, 0.5) is 16.4 Å². The van der Waals surface area contributed by atoms with Gasteiger partial charge in [-0.15, -0.1) is 0 Å². The summed E-state index contributed by atoms with van der Waals surface area (Å²) in [5.74, 6) is 4.04. The number of piperidine rings is 2. The Bertz CT molecular complexity index is 2370. The lowest BCUT2D eigenvalue weighted by molar-refractivity contribution is 0.150. The summed E-state index contributed by atoms with van der Waals surface area (Å²) in [6.07, 6.45) is 3.96. The van der Waals surface area contributed by atoms with E-state index in [-0.39, 0.29) is 44.6 Å². The number of rotatable bonds is 8. The number of para-hydroxylation sites is 2. The highest BCUT2D eigenvalue weighted by atomic mass is 32.1. The number of benzene rings is 4. The summed E-state index contributed by atoms with van der Waals surface area (Å²) in [7, 11) is 0. The Kier molecular flexibility index (Phi) is 15.6. The molecule has 1 amide bonds. The van der Waals surface area contributed by atoms with Crippen LogP contribution < -0.4 is 20.9 Å². The highest BCUT2D eigenvalue weighted by molar-refractivity contribution is 7.59. The Morgan fingerprint density at radius 1 is 0.729 bits per heavy atom. The van der Waals surface area contributed by atoms with E-state index in [0.717, 1.165) is 90.0 Å². The molecule has 0 spiro atoms. The van der Waals surface area contributed by atoms with Gasteiger partial charge in [0, 0.05) is 43.5 Å². The first-order valence-corrected chi connectivity index (χ1v) is 19.9. The average Bonchev–Trinajstić information content (AvgIpc) is 3.22. The van der Waals surface area contributed by atoms with E-state index in [9.17, 15) is 15.0 Å². The zero-order valence-corrected chi connectivity index (χ0v) is 36.0. The lowest BCUT2D eigenvalue weighted by Crippen LogP contribution is -2.41. The molecular weight excluding hydrogens is 781 g/mol. The molecule has 2 aliphatic rings. The van der Waals surface area contributed by atoms with E-state index in [1.807, 2.05) is 37.3 Å². The van der Waals surface area contributed by atoms with Crippen LogP contribution in [0.15, 0.2) is 84.9 Å². The summed E-state index contributed by atoms with van der Waals surface area (Å²) in [6, 6.07) is 26.8. The van der Waals surface area contributed by atoms with Crippen molar-refractivity contribution in [3.05, 3.63) is 96.1 Å². The quantitative estimate of drug-likeness (QED) is 0.118. The van der Waals surface area contributed by atoms with Gasteiger partial charge in [0.25, 0.3) is 0 Å². The number of carbonyl (C=O) groups excluding carboxylic acids is 1. The third-order valence-corrected chi connectivity index (χ3v) is 10.7. The highest BCUT2D eigenvalue weighted by Gasteiger charge is 2.26. The minimum Gasteiger partial charge on any atom is -0.507 e.